The fourth-order valence-corrected chi connectivity index (χ4v) is 3.64. The third-order valence-corrected chi connectivity index (χ3v) is 4.68. The van der Waals surface area contributed by atoms with E-state index in [1.165, 1.54) is 5.56 Å². The van der Waals surface area contributed by atoms with Crippen molar-refractivity contribution in [3.05, 3.63) is 35.9 Å². The maximum absolute atomic E-state index is 11.7. The average Bonchev–Trinajstić information content (AvgIpc) is 2.84. The van der Waals surface area contributed by atoms with Crippen LogP contribution >= 0.6 is 0 Å². The van der Waals surface area contributed by atoms with Gasteiger partial charge in [0.1, 0.15) is 5.78 Å². The molecule has 1 heterocycles. The molecule has 0 radical (unpaired) electrons. The molecular weight excluding hydrogens is 254 g/mol. The van der Waals surface area contributed by atoms with E-state index in [0.29, 0.717) is 0 Å². The summed E-state index contributed by atoms with van der Waals surface area (Å²) in [6.45, 7) is 1.69. The van der Waals surface area contributed by atoms with Crippen molar-refractivity contribution < 1.29 is 14.7 Å². The van der Waals surface area contributed by atoms with Gasteiger partial charge in [-0.3, -0.25) is 14.5 Å². The second-order valence-corrected chi connectivity index (χ2v) is 5.97. The first-order valence-electron chi connectivity index (χ1n) is 7.15. The van der Waals surface area contributed by atoms with Crippen molar-refractivity contribution in [3.8, 4) is 0 Å². The number of rotatable bonds is 4. The number of nitrogens with zero attached hydrogens (tertiary/aromatic N) is 1. The molecule has 1 N–H and O–H groups in total. The smallest absolute Gasteiger partial charge is 0.312 e. The highest BCUT2D eigenvalue weighted by Crippen LogP contribution is 2.47. The van der Waals surface area contributed by atoms with E-state index in [9.17, 15) is 14.7 Å². The number of hydrogen-bond donors (Lipinski definition) is 1. The minimum absolute atomic E-state index is 0.00194. The van der Waals surface area contributed by atoms with Crippen LogP contribution in [0.3, 0.4) is 0 Å². The monoisotopic (exact) mass is 273 g/mol. The zero-order valence-corrected chi connectivity index (χ0v) is 11.4. The Morgan fingerprint density at radius 2 is 2.00 bits per heavy atom. The topological polar surface area (TPSA) is 57.6 Å². The second kappa shape index (κ2) is 5.02. The fraction of sp³-hybridized carbons (Fsp3) is 0.500. The van der Waals surface area contributed by atoms with Crippen molar-refractivity contribution in [1.82, 2.24) is 4.90 Å². The summed E-state index contributed by atoms with van der Waals surface area (Å²) in [6, 6.07) is 10.1. The minimum Gasteiger partial charge on any atom is -0.481 e. The number of carbonyl (C=O) groups is 2. The predicted molar refractivity (Wildman–Crippen MR) is 74.2 cm³/mol. The first kappa shape index (κ1) is 13.3. The molecule has 1 saturated carbocycles. The maximum atomic E-state index is 11.7. The van der Waals surface area contributed by atoms with E-state index in [1.54, 1.807) is 0 Å². The van der Waals surface area contributed by atoms with Crippen LogP contribution in [0.15, 0.2) is 30.3 Å². The van der Waals surface area contributed by atoms with Gasteiger partial charge in [0.25, 0.3) is 0 Å². The largest absolute Gasteiger partial charge is 0.481 e. The Morgan fingerprint density at radius 1 is 1.30 bits per heavy atom. The predicted octanol–water partition coefficient (Wildman–Crippen LogP) is 2.08. The number of hydrogen-bond acceptors (Lipinski definition) is 3. The molecular formula is C16H19NO3. The first-order valence-corrected chi connectivity index (χ1v) is 7.15. The molecule has 2 fully saturated rings. The summed E-state index contributed by atoms with van der Waals surface area (Å²) in [6.07, 6.45) is 2.31. The second-order valence-electron chi connectivity index (χ2n) is 5.97. The molecule has 1 saturated heterocycles. The van der Waals surface area contributed by atoms with E-state index in [1.807, 2.05) is 18.2 Å². The van der Waals surface area contributed by atoms with Gasteiger partial charge in [-0.05, 0) is 24.9 Å². The third-order valence-electron chi connectivity index (χ3n) is 4.68. The van der Waals surface area contributed by atoms with Crippen molar-refractivity contribution >= 4 is 11.8 Å². The lowest BCUT2D eigenvalue weighted by Crippen LogP contribution is -2.56. The van der Waals surface area contributed by atoms with Crippen LogP contribution in [0.4, 0.5) is 0 Å². The summed E-state index contributed by atoms with van der Waals surface area (Å²) >= 11 is 0. The number of likely N-dealkylation sites (tertiary alicyclic amines) is 1. The molecule has 1 aliphatic heterocycles. The number of carboxylic acids is 1. The van der Waals surface area contributed by atoms with Gasteiger partial charge in [-0.2, -0.15) is 0 Å². The average molecular weight is 273 g/mol. The van der Waals surface area contributed by atoms with E-state index < -0.39 is 11.4 Å². The van der Waals surface area contributed by atoms with Crippen molar-refractivity contribution in [2.45, 2.75) is 38.3 Å². The van der Waals surface area contributed by atoms with E-state index in [-0.39, 0.29) is 24.7 Å². The van der Waals surface area contributed by atoms with Crippen molar-refractivity contribution in [3.63, 3.8) is 0 Å². The molecule has 1 aromatic rings. The Labute approximate surface area is 118 Å². The lowest BCUT2D eigenvalue weighted by atomic mass is 9.62. The SMILES string of the molecule is O=C1CC(C(=O)O)(C2CCCN2Cc2ccccc2)C1. The molecule has 1 aromatic carbocycles. The normalized spacial score (nSPS) is 25.4. The van der Waals surface area contributed by atoms with Crippen molar-refractivity contribution in [1.29, 1.82) is 0 Å². The van der Waals surface area contributed by atoms with Crippen LogP contribution in [-0.4, -0.2) is 34.3 Å². The molecule has 4 heteroatoms. The summed E-state index contributed by atoms with van der Waals surface area (Å²) in [7, 11) is 0. The molecule has 0 spiro atoms. The van der Waals surface area contributed by atoms with Gasteiger partial charge in [-0.25, -0.2) is 0 Å². The van der Waals surface area contributed by atoms with Gasteiger partial charge in [0.15, 0.2) is 0 Å². The number of ketones is 1. The van der Waals surface area contributed by atoms with E-state index in [2.05, 4.69) is 17.0 Å². The number of Topliss-reactive ketones (excluding diaryl/α,β-unsaturated/α-hetero) is 1. The zero-order valence-electron chi connectivity index (χ0n) is 11.4. The molecule has 1 unspecified atom stereocenters. The number of benzene rings is 1. The van der Waals surface area contributed by atoms with Crippen LogP contribution < -0.4 is 0 Å². The molecule has 106 valence electrons. The van der Waals surface area contributed by atoms with Gasteiger partial charge in [0, 0.05) is 25.4 Å². The van der Waals surface area contributed by atoms with E-state index in [0.717, 1.165) is 25.9 Å². The molecule has 2 aliphatic rings. The van der Waals surface area contributed by atoms with Crippen LogP contribution in [0.2, 0.25) is 0 Å². The Balaban J connectivity index is 1.78. The van der Waals surface area contributed by atoms with Crippen LogP contribution in [0.25, 0.3) is 0 Å². The summed E-state index contributed by atoms with van der Waals surface area (Å²) in [5.74, 6) is -0.721. The van der Waals surface area contributed by atoms with Crippen molar-refractivity contribution in [2.75, 3.05) is 6.54 Å². The van der Waals surface area contributed by atoms with Crippen LogP contribution in [0.1, 0.15) is 31.2 Å². The summed E-state index contributed by atoms with van der Waals surface area (Å²) in [4.78, 5) is 25.3. The van der Waals surface area contributed by atoms with Crippen molar-refractivity contribution in [2.24, 2.45) is 5.41 Å². The standard InChI is InChI=1S/C16H19NO3/c18-13-9-16(10-13,15(19)20)14-7-4-8-17(14)11-12-5-2-1-3-6-12/h1-3,5-6,14H,4,7-11H2,(H,19,20). The van der Waals surface area contributed by atoms with Crippen LogP contribution in [0.5, 0.6) is 0 Å². The van der Waals surface area contributed by atoms with Gasteiger partial charge in [-0.1, -0.05) is 30.3 Å². The molecule has 0 bridgehead atoms. The fourth-order valence-electron chi connectivity index (χ4n) is 3.64. The van der Waals surface area contributed by atoms with E-state index >= 15 is 0 Å². The zero-order chi connectivity index (χ0) is 14.2. The van der Waals surface area contributed by atoms with E-state index in [4.69, 9.17) is 0 Å². The Hall–Kier alpha value is -1.68. The molecule has 1 atom stereocenters. The number of carboxylic acid groups (broad SMARTS) is 1. The number of aliphatic carboxylic acids is 1. The summed E-state index contributed by atoms with van der Waals surface area (Å²) in [5.41, 5.74) is 0.369. The Morgan fingerprint density at radius 3 is 2.60 bits per heavy atom. The van der Waals surface area contributed by atoms with Gasteiger partial charge in [-0.15, -0.1) is 0 Å². The third kappa shape index (κ3) is 2.14. The highest BCUT2D eigenvalue weighted by Gasteiger charge is 2.57. The highest BCUT2D eigenvalue weighted by molar-refractivity contribution is 5.97. The summed E-state index contributed by atoms with van der Waals surface area (Å²) in [5, 5.41) is 9.57. The molecule has 20 heavy (non-hydrogen) atoms. The Bertz CT molecular complexity index is 518. The molecule has 0 aromatic heterocycles. The quantitative estimate of drug-likeness (QED) is 0.912. The van der Waals surface area contributed by atoms with Gasteiger partial charge in [0.2, 0.25) is 0 Å². The van der Waals surface area contributed by atoms with Gasteiger partial charge >= 0.3 is 5.97 Å². The summed E-state index contributed by atoms with van der Waals surface area (Å²) < 4.78 is 0. The lowest BCUT2D eigenvalue weighted by molar-refractivity contribution is -0.166. The van der Waals surface area contributed by atoms with Crippen LogP contribution in [0, 0.1) is 5.41 Å². The maximum Gasteiger partial charge on any atom is 0.312 e. The lowest BCUT2D eigenvalue weighted by Gasteiger charge is -2.44. The minimum atomic E-state index is -0.831. The van der Waals surface area contributed by atoms with Gasteiger partial charge in [0.05, 0.1) is 5.41 Å². The molecule has 1 aliphatic carbocycles. The molecule has 4 nitrogen and oxygen atoms in total. The highest BCUT2D eigenvalue weighted by atomic mass is 16.4. The molecule has 3 rings (SSSR count). The first-order chi connectivity index (χ1) is 9.62. The van der Waals surface area contributed by atoms with Crippen LogP contribution in [-0.2, 0) is 16.1 Å². The Kier molecular flexibility index (Phi) is 3.34. The number of carbonyl (C=O) groups excluding carboxylic acids is 1. The molecule has 0 amide bonds. The van der Waals surface area contributed by atoms with Gasteiger partial charge < -0.3 is 5.11 Å².